The van der Waals surface area contributed by atoms with Crippen LogP contribution in [0.2, 0.25) is 5.02 Å². The molecule has 1 aliphatic heterocycles. The molecule has 1 saturated heterocycles. The number of piperidine rings is 1. The zero-order valence-corrected chi connectivity index (χ0v) is 16.9. The van der Waals surface area contributed by atoms with E-state index in [9.17, 15) is 9.90 Å². The predicted molar refractivity (Wildman–Crippen MR) is 102 cm³/mol. The summed E-state index contributed by atoms with van der Waals surface area (Å²) in [5.74, 6) is 0.0776. The van der Waals surface area contributed by atoms with Crippen molar-refractivity contribution in [3.63, 3.8) is 0 Å². The van der Waals surface area contributed by atoms with Gasteiger partial charge < -0.3 is 19.5 Å². The van der Waals surface area contributed by atoms with Gasteiger partial charge in [0.15, 0.2) is 0 Å². The van der Waals surface area contributed by atoms with Crippen LogP contribution in [-0.2, 0) is 15.1 Å². The minimum absolute atomic E-state index is 0.0569. The molecular weight excluding hydrogens is 354 g/mol. The monoisotopic (exact) mass is 383 g/mol. The van der Waals surface area contributed by atoms with E-state index < -0.39 is 11.2 Å². The van der Waals surface area contributed by atoms with Crippen molar-refractivity contribution in [1.82, 2.24) is 4.90 Å². The molecule has 1 amide bonds. The maximum atomic E-state index is 12.5. The van der Waals surface area contributed by atoms with E-state index in [1.807, 2.05) is 52.0 Å². The van der Waals surface area contributed by atoms with E-state index in [2.05, 4.69) is 0 Å². The Hall–Kier alpha value is -1.30. The molecule has 5 nitrogen and oxygen atoms in total. The van der Waals surface area contributed by atoms with Crippen LogP contribution in [0.5, 0.6) is 0 Å². The van der Waals surface area contributed by atoms with Crippen molar-refractivity contribution in [1.29, 1.82) is 0 Å². The summed E-state index contributed by atoms with van der Waals surface area (Å²) in [5, 5.41) is 9.90. The van der Waals surface area contributed by atoms with E-state index >= 15 is 0 Å². The van der Waals surface area contributed by atoms with E-state index in [1.165, 1.54) is 0 Å². The number of likely N-dealkylation sites (tertiary alicyclic amines) is 1. The molecule has 0 aromatic heterocycles. The van der Waals surface area contributed by atoms with Gasteiger partial charge in [-0.25, -0.2) is 4.79 Å². The molecule has 0 saturated carbocycles. The Labute approximate surface area is 161 Å². The van der Waals surface area contributed by atoms with Crippen molar-refractivity contribution < 1.29 is 19.4 Å². The molecule has 1 N–H and O–H groups in total. The third kappa shape index (κ3) is 5.35. The highest BCUT2D eigenvalue weighted by atomic mass is 35.5. The lowest BCUT2D eigenvalue weighted by molar-refractivity contribution is -0.106. The fourth-order valence-corrected chi connectivity index (χ4v) is 3.60. The van der Waals surface area contributed by atoms with Gasteiger partial charge in [-0.2, -0.15) is 0 Å². The number of benzene rings is 1. The Bertz CT molecular complexity index is 616. The van der Waals surface area contributed by atoms with Crippen LogP contribution in [0.1, 0.15) is 46.1 Å². The number of hydrogen-bond acceptors (Lipinski definition) is 4. The number of amides is 1. The molecule has 1 fully saturated rings. The highest BCUT2D eigenvalue weighted by Gasteiger charge is 2.41. The number of hydrogen-bond donors (Lipinski definition) is 1. The fourth-order valence-electron chi connectivity index (χ4n) is 3.41. The van der Waals surface area contributed by atoms with Gasteiger partial charge in [-0.1, -0.05) is 23.7 Å². The molecule has 1 aliphatic rings. The summed E-state index contributed by atoms with van der Waals surface area (Å²) in [4.78, 5) is 14.2. The molecule has 1 aromatic carbocycles. The van der Waals surface area contributed by atoms with Gasteiger partial charge in [0.05, 0.1) is 18.8 Å². The van der Waals surface area contributed by atoms with Gasteiger partial charge >= 0.3 is 6.09 Å². The Morgan fingerprint density at radius 2 is 2.08 bits per heavy atom. The summed E-state index contributed by atoms with van der Waals surface area (Å²) in [6, 6.07) is 7.60. The second-order valence-electron chi connectivity index (χ2n) is 7.95. The van der Waals surface area contributed by atoms with E-state index in [1.54, 1.807) is 4.90 Å². The number of carbonyl (C=O) groups is 1. The van der Waals surface area contributed by atoms with Crippen molar-refractivity contribution in [2.45, 2.75) is 51.7 Å². The van der Waals surface area contributed by atoms with Crippen LogP contribution in [-0.4, -0.2) is 48.0 Å². The molecule has 6 heteroatoms. The molecule has 0 unspecified atom stereocenters. The Morgan fingerprint density at radius 1 is 1.35 bits per heavy atom. The molecule has 0 bridgehead atoms. The summed E-state index contributed by atoms with van der Waals surface area (Å²) < 4.78 is 11.6. The van der Waals surface area contributed by atoms with Crippen molar-refractivity contribution in [3.05, 3.63) is 34.9 Å². The van der Waals surface area contributed by atoms with Crippen LogP contribution < -0.4 is 0 Å². The van der Waals surface area contributed by atoms with Crippen LogP contribution >= 0.6 is 11.6 Å². The molecular formula is C20H30ClNO4. The zero-order valence-electron chi connectivity index (χ0n) is 16.1. The Kier molecular flexibility index (Phi) is 6.94. The van der Waals surface area contributed by atoms with Gasteiger partial charge in [-0.3, -0.25) is 0 Å². The SMILES string of the molecule is CC(C)(C)OC(=O)N1CCC[C@@H]([C@](C)(OCCO)c2cccc(Cl)c2)C1. The minimum atomic E-state index is -0.645. The van der Waals surface area contributed by atoms with E-state index in [4.69, 9.17) is 21.1 Å². The average Bonchev–Trinajstić information content (AvgIpc) is 2.58. The first-order valence-electron chi connectivity index (χ1n) is 9.14. The molecule has 0 radical (unpaired) electrons. The molecule has 0 spiro atoms. The summed E-state index contributed by atoms with van der Waals surface area (Å²) >= 11 is 6.19. The first-order valence-corrected chi connectivity index (χ1v) is 9.52. The highest BCUT2D eigenvalue weighted by Crippen LogP contribution is 2.39. The van der Waals surface area contributed by atoms with Crippen LogP contribution in [0.25, 0.3) is 0 Å². The maximum absolute atomic E-state index is 12.5. The minimum Gasteiger partial charge on any atom is -0.444 e. The second kappa shape index (κ2) is 8.59. The molecule has 1 aromatic rings. The Morgan fingerprint density at radius 3 is 2.69 bits per heavy atom. The number of nitrogens with zero attached hydrogens (tertiary/aromatic N) is 1. The lowest BCUT2D eigenvalue weighted by Gasteiger charge is -2.43. The number of rotatable bonds is 5. The first kappa shape index (κ1) is 21.0. The summed E-state index contributed by atoms with van der Waals surface area (Å²) in [7, 11) is 0. The van der Waals surface area contributed by atoms with E-state index in [0.29, 0.717) is 18.1 Å². The zero-order chi connectivity index (χ0) is 19.4. The van der Waals surface area contributed by atoms with Crippen LogP contribution in [0.15, 0.2) is 24.3 Å². The average molecular weight is 384 g/mol. The third-order valence-corrected chi connectivity index (χ3v) is 4.98. The van der Waals surface area contributed by atoms with Crippen LogP contribution in [0.3, 0.4) is 0 Å². The molecule has 26 heavy (non-hydrogen) atoms. The number of aliphatic hydroxyl groups is 1. The van der Waals surface area contributed by atoms with Crippen molar-refractivity contribution in [3.8, 4) is 0 Å². The van der Waals surface area contributed by atoms with Gasteiger partial charge in [0.2, 0.25) is 0 Å². The van der Waals surface area contributed by atoms with Crippen LogP contribution in [0.4, 0.5) is 4.79 Å². The summed E-state index contributed by atoms with van der Waals surface area (Å²) in [6.07, 6.45) is 1.51. The van der Waals surface area contributed by atoms with E-state index in [-0.39, 0.29) is 25.2 Å². The summed E-state index contributed by atoms with van der Waals surface area (Å²) in [6.45, 7) is 9.01. The number of carbonyl (C=O) groups excluding carboxylic acids is 1. The smallest absolute Gasteiger partial charge is 0.410 e. The van der Waals surface area contributed by atoms with Gasteiger partial charge in [0.1, 0.15) is 5.60 Å². The number of halogens is 1. The Balaban J connectivity index is 2.23. The van der Waals surface area contributed by atoms with Crippen molar-refractivity contribution >= 4 is 17.7 Å². The van der Waals surface area contributed by atoms with Crippen LogP contribution in [0, 0.1) is 5.92 Å². The maximum Gasteiger partial charge on any atom is 0.410 e. The molecule has 2 atom stereocenters. The summed E-state index contributed by atoms with van der Waals surface area (Å²) in [5.41, 5.74) is -0.211. The second-order valence-corrected chi connectivity index (χ2v) is 8.39. The van der Waals surface area contributed by atoms with Gasteiger partial charge in [0.25, 0.3) is 0 Å². The van der Waals surface area contributed by atoms with Gasteiger partial charge in [-0.05, 0) is 58.2 Å². The largest absolute Gasteiger partial charge is 0.444 e. The topological polar surface area (TPSA) is 59.0 Å². The highest BCUT2D eigenvalue weighted by molar-refractivity contribution is 6.30. The quantitative estimate of drug-likeness (QED) is 0.827. The molecule has 2 rings (SSSR count). The molecule has 146 valence electrons. The lowest BCUT2D eigenvalue weighted by atomic mass is 9.78. The fraction of sp³-hybridized carbons (Fsp3) is 0.650. The van der Waals surface area contributed by atoms with Crippen molar-refractivity contribution in [2.24, 2.45) is 5.92 Å². The van der Waals surface area contributed by atoms with Gasteiger partial charge in [0, 0.05) is 24.0 Å². The lowest BCUT2D eigenvalue weighted by Crippen LogP contribution is -2.49. The van der Waals surface area contributed by atoms with Crippen molar-refractivity contribution in [2.75, 3.05) is 26.3 Å². The van der Waals surface area contributed by atoms with Gasteiger partial charge in [-0.15, -0.1) is 0 Å². The van der Waals surface area contributed by atoms with E-state index in [0.717, 1.165) is 18.4 Å². The third-order valence-electron chi connectivity index (χ3n) is 4.74. The molecule has 1 heterocycles. The number of ether oxygens (including phenoxy) is 2. The first-order chi connectivity index (χ1) is 12.2. The number of aliphatic hydroxyl groups excluding tert-OH is 1. The predicted octanol–water partition coefficient (Wildman–Crippen LogP) is 4.21. The normalized spacial score (nSPS) is 20.5. The standard InChI is InChI=1S/C20H30ClNO4/c1-19(2,3)26-18(24)22-10-6-8-16(14-22)20(4,25-12-11-23)15-7-5-9-17(21)13-15/h5,7,9,13,16,23H,6,8,10-12,14H2,1-4H3/t16-,20-/m1/s1. The molecule has 0 aliphatic carbocycles.